The van der Waals surface area contributed by atoms with Crippen molar-refractivity contribution < 1.29 is 28.7 Å². The number of methoxy groups -OCH3 is 2. The molecular formula is C44H60N8O6. The number of hydrogen-bond acceptors (Lipinski definition) is 8. The summed E-state index contributed by atoms with van der Waals surface area (Å²) < 4.78 is 8.39. The number of terminal acetylenes is 2. The van der Waals surface area contributed by atoms with Crippen molar-refractivity contribution in [3.05, 3.63) is 73.6 Å². The molecule has 2 fully saturated rings. The Hall–Kier alpha value is -6.54. The third-order valence-corrected chi connectivity index (χ3v) is 8.94. The lowest BCUT2D eigenvalue weighted by Crippen LogP contribution is -2.51. The quantitative estimate of drug-likeness (QED) is 0.0925. The molecule has 0 saturated heterocycles. The van der Waals surface area contributed by atoms with Crippen LogP contribution in [0, 0.1) is 37.5 Å². The van der Waals surface area contributed by atoms with E-state index >= 15 is 0 Å². The van der Waals surface area contributed by atoms with Gasteiger partial charge in [-0.25, -0.2) is 30.0 Å². The van der Waals surface area contributed by atoms with Crippen LogP contribution in [0.1, 0.15) is 79.1 Å². The number of amides is 4. The van der Waals surface area contributed by atoms with Gasteiger partial charge in [0.05, 0.1) is 50.7 Å². The normalized spacial score (nSPS) is 12.8. The van der Waals surface area contributed by atoms with Crippen molar-refractivity contribution in [3.8, 4) is 59.3 Å². The number of carbonyl (C=O) groups excluding carboxylic acids is 4. The van der Waals surface area contributed by atoms with E-state index in [4.69, 9.17) is 0 Å². The lowest BCUT2D eigenvalue weighted by atomic mass is 10.0. The standard InChI is InChI=1S/C18H14N4.C11H20N2O3.C9H17NO.C2H5NO2.2C2H2/c1-5-15(17-9-19-11-21-17)6-2-13(1)14-3-7-16(8-4-14)18-10-20-12-22-18;1-8(2)13(12-11(15)16-3)10(14)9-6-4-5-7-9;1-7(2)10-9(11)8-5-3-4-6-8;1-5-2(3)4;2*1-2/h1-12H,(H,19,21)(H,20,22);8-9H,4-7H2,1-3H3,(H,12,15);7-8H,3-6H2,1-2H3,(H,10,11);1H3,(H2,3,4);2*1-2H. The van der Waals surface area contributed by atoms with E-state index in [2.05, 4.69) is 120 Å². The second-order valence-electron chi connectivity index (χ2n) is 13.6. The molecule has 58 heavy (non-hydrogen) atoms. The summed E-state index contributed by atoms with van der Waals surface area (Å²) in [5.41, 5.74) is 13.6. The number of nitrogens with one attached hydrogen (secondary N) is 4. The number of hydrogen-bond donors (Lipinski definition) is 5. The zero-order valence-corrected chi connectivity index (χ0v) is 34.6. The predicted octanol–water partition coefficient (Wildman–Crippen LogP) is 7.73. The Morgan fingerprint density at radius 2 is 1.07 bits per heavy atom. The highest BCUT2D eigenvalue weighted by molar-refractivity contribution is 5.82. The van der Waals surface area contributed by atoms with Crippen molar-refractivity contribution in [1.29, 1.82) is 0 Å². The number of benzene rings is 2. The third-order valence-electron chi connectivity index (χ3n) is 8.94. The van der Waals surface area contributed by atoms with Gasteiger partial charge in [0.25, 0.3) is 0 Å². The van der Waals surface area contributed by atoms with Crippen LogP contribution >= 0.6 is 0 Å². The number of aromatic nitrogens is 4. The minimum atomic E-state index is -0.745. The second-order valence-corrected chi connectivity index (χ2v) is 13.6. The van der Waals surface area contributed by atoms with Crippen molar-refractivity contribution in [2.45, 2.75) is 91.1 Å². The molecule has 6 N–H and O–H groups in total. The number of aromatic amines is 2. The molecule has 312 valence electrons. The summed E-state index contributed by atoms with van der Waals surface area (Å²) in [4.78, 5) is 58.3. The van der Waals surface area contributed by atoms with E-state index in [0.717, 1.165) is 61.0 Å². The topological polar surface area (TPSA) is 197 Å². The first-order chi connectivity index (χ1) is 27.9. The Kier molecular flexibility index (Phi) is 23.8. The number of rotatable bonds is 7. The van der Waals surface area contributed by atoms with Crippen LogP contribution in [0.3, 0.4) is 0 Å². The fourth-order valence-corrected chi connectivity index (χ4v) is 6.05. The van der Waals surface area contributed by atoms with E-state index in [0.29, 0.717) is 12.0 Å². The van der Waals surface area contributed by atoms with Gasteiger partial charge in [0.15, 0.2) is 0 Å². The largest absolute Gasteiger partial charge is 0.453 e. The number of nitrogens with zero attached hydrogens (tertiary/aromatic N) is 3. The summed E-state index contributed by atoms with van der Waals surface area (Å²) in [6, 6.07) is 17.1. The molecule has 6 rings (SSSR count). The van der Waals surface area contributed by atoms with Gasteiger partial charge in [0.2, 0.25) is 11.8 Å². The number of carbonyl (C=O) groups is 4. The van der Waals surface area contributed by atoms with Crippen LogP contribution in [0.15, 0.2) is 73.6 Å². The zero-order chi connectivity index (χ0) is 43.5. The number of primary amides is 1. The van der Waals surface area contributed by atoms with E-state index < -0.39 is 12.2 Å². The Bertz CT molecular complexity index is 1690. The maximum absolute atomic E-state index is 12.1. The SMILES string of the molecule is C#C.C#C.CC(C)NC(=O)C1CCCC1.COC(=O)NN(C(=O)C1CCCC1)C(C)C.COC(N)=O.c1ncc(-c2ccc(-c3ccc(-c4cnc[nH]4)cc3)cc2)[nH]1. The molecular weight excluding hydrogens is 737 g/mol. The van der Waals surface area contributed by atoms with Crippen molar-refractivity contribution in [1.82, 2.24) is 35.7 Å². The van der Waals surface area contributed by atoms with Crippen LogP contribution in [-0.2, 0) is 19.1 Å². The molecule has 14 nitrogen and oxygen atoms in total. The second kappa shape index (κ2) is 27.9. The van der Waals surface area contributed by atoms with Gasteiger partial charge in [0, 0.05) is 23.9 Å². The summed E-state index contributed by atoms with van der Waals surface area (Å²) in [5, 5.41) is 4.32. The molecule has 0 atom stereocenters. The first kappa shape index (κ1) is 49.5. The highest BCUT2D eigenvalue weighted by Crippen LogP contribution is 2.28. The minimum Gasteiger partial charge on any atom is -0.453 e. The summed E-state index contributed by atoms with van der Waals surface area (Å²) in [6.45, 7) is 7.74. The lowest BCUT2D eigenvalue weighted by molar-refractivity contribution is -0.140. The molecule has 0 unspecified atom stereocenters. The summed E-state index contributed by atoms with van der Waals surface area (Å²) in [7, 11) is 2.51. The molecule has 2 saturated carbocycles. The maximum atomic E-state index is 12.1. The van der Waals surface area contributed by atoms with Gasteiger partial charge in [-0.3, -0.25) is 9.59 Å². The van der Waals surface area contributed by atoms with Gasteiger partial charge < -0.3 is 30.5 Å². The lowest BCUT2D eigenvalue weighted by Gasteiger charge is -2.28. The molecule has 4 amide bonds. The molecule has 2 heterocycles. The van der Waals surface area contributed by atoms with E-state index in [9.17, 15) is 19.2 Å². The van der Waals surface area contributed by atoms with Crippen molar-refractivity contribution in [3.63, 3.8) is 0 Å². The third kappa shape index (κ3) is 17.5. The first-order valence-electron chi connectivity index (χ1n) is 19.1. The number of H-pyrrole nitrogens is 2. The van der Waals surface area contributed by atoms with Crippen molar-refractivity contribution in [2.24, 2.45) is 17.6 Å². The molecule has 2 aliphatic carbocycles. The van der Waals surface area contributed by atoms with Crippen LogP contribution in [0.5, 0.6) is 0 Å². The molecule has 4 aromatic rings. The molecule has 2 aliphatic rings. The number of imidazole rings is 2. The smallest absolute Gasteiger partial charge is 0.425 e. The Morgan fingerprint density at radius 1 is 0.690 bits per heavy atom. The van der Waals surface area contributed by atoms with Crippen LogP contribution in [0.2, 0.25) is 0 Å². The molecule has 2 aromatic carbocycles. The van der Waals surface area contributed by atoms with Gasteiger partial charge in [-0.15, -0.1) is 25.7 Å². The van der Waals surface area contributed by atoms with Gasteiger partial charge in [-0.1, -0.05) is 74.2 Å². The summed E-state index contributed by atoms with van der Waals surface area (Å²) in [5.74, 6) is 0.632. The summed E-state index contributed by atoms with van der Waals surface area (Å²) in [6.07, 6.45) is 30.4. The van der Waals surface area contributed by atoms with Gasteiger partial charge >= 0.3 is 12.2 Å². The average Bonchev–Trinajstić information content (AvgIpc) is 4.10. The Balaban J connectivity index is 0.000000412. The Morgan fingerprint density at radius 3 is 1.38 bits per heavy atom. The molecule has 0 radical (unpaired) electrons. The average molecular weight is 797 g/mol. The van der Waals surface area contributed by atoms with Gasteiger partial charge in [-0.05, 0) is 75.6 Å². The van der Waals surface area contributed by atoms with Crippen LogP contribution in [0.25, 0.3) is 33.6 Å². The zero-order valence-electron chi connectivity index (χ0n) is 34.6. The van der Waals surface area contributed by atoms with Crippen LogP contribution < -0.4 is 16.5 Å². The van der Waals surface area contributed by atoms with E-state index in [-0.39, 0.29) is 23.8 Å². The highest BCUT2D eigenvalue weighted by atomic mass is 16.5. The number of ether oxygens (including phenoxy) is 2. The molecule has 14 heteroatoms. The predicted molar refractivity (Wildman–Crippen MR) is 228 cm³/mol. The number of nitrogens with two attached hydrogens (primary N) is 1. The van der Waals surface area contributed by atoms with Crippen molar-refractivity contribution in [2.75, 3.05) is 14.2 Å². The minimum absolute atomic E-state index is 0.00194. The fraction of sp³-hybridized carbons (Fsp3) is 0.409. The molecule has 2 aromatic heterocycles. The monoisotopic (exact) mass is 796 g/mol. The molecule has 0 spiro atoms. The van der Waals surface area contributed by atoms with Gasteiger partial charge in [-0.2, -0.15) is 0 Å². The number of hydrazine groups is 1. The van der Waals surface area contributed by atoms with Crippen LogP contribution in [0.4, 0.5) is 9.59 Å². The van der Waals surface area contributed by atoms with E-state index in [1.54, 1.807) is 12.7 Å². The van der Waals surface area contributed by atoms with E-state index in [1.165, 1.54) is 43.2 Å². The fourth-order valence-electron chi connectivity index (χ4n) is 6.05. The highest BCUT2D eigenvalue weighted by Gasteiger charge is 2.30. The first-order valence-corrected chi connectivity index (χ1v) is 19.1. The molecule has 0 aliphatic heterocycles. The van der Waals surface area contributed by atoms with Crippen LogP contribution in [-0.4, -0.2) is 75.2 Å². The summed E-state index contributed by atoms with van der Waals surface area (Å²) >= 11 is 0. The Labute approximate surface area is 343 Å². The van der Waals surface area contributed by atoms with Gasteiger partial charge in [0.1, 0.15) is 0 Å². The molecule has 0 bridgehead atoms. The maximum Gasteiger partial charge on any atom is 0.425 e. The van der Waals surface area contributed by atoms with Crippen molar-refractivity contribution >= 4 is 24.0 Å². The van der Waals surface area contributed by atoms with E-state index in [1.807, 2.05) is 40.1 Å².